The third kappa shape index (κ3) is 9.04. The summed E-state index contributed by atoms with van der Waals surface area (Å²) in [7, 11) is -3.60. The number of carboxylic acid groups (broad SMARTS) is 1. The third-order valence-electron chi connectivity index (χ3n) is 3.62. The Balaban J connectivity index is 2.71. The zero-order chi connectivity index (χ0) is 20.1. The maximum Gasteiger partial charge on any atom is 0.408 e. The van der Waals surface area contributed by atoms with Crippen LogP contribution in [0.4, 0.5) is 4.79 Å². The van der Waals surface area contributed by atoms with E-state index in [0.29, 0.717) is 12.8 Å². The molecule has 152 valence electrons. The van der Waals surface area contributed by atoms with Crippen molar-refractivity contribution in [1.29, 1.82) is 0 Å². The lowest BCUT2D eigenvalue weighted by molar-refractivity contribution is -0.137. The number of rotatable bonds is 13. The van der Waals surface area contributed by atoms with Gasteiger partial charge in [0.05, 0.1) is 13.2 Å². The minimum absolute atomic E-state index is 0.00125. The summed E-state index contributed by atoms with van der Waals surface area (Å²) in [5.41, 5.74) is 0.823. The molecule has 1 rings (SSSR count). The highest BCUT2D eigenvalue weighted by atomic mass is 31.2. The van der Waals surface area contributed by atoms with Crippen molar-refractivity contribution < 1.29 is 33.0 Å². The molecule has 0 radical (unpaired) electrons. The average Bonchev–Trinajstić information content (AvgIpc) is 2.63. The monoisotopic (exact) mass is 401 g/mol. The Morgan fingerprint density at radius 1 is 1.11 bits per heavy atom. The summed E-state index contributed by atoms with van der Waals surface area (Å²) in [6.07, 6.45) is 0.357. The molecule has 0 heterocycles. The van der Waals surface area contributed by atoms with Crippen LogP contribution < -0.4 is 5.32 Å². The predicted octanol–water partition coefficient (Wildman–Crippen LogP) is 4.15. The molecule has 1 aromatic carbocycles. The highest BCUT2D eigenvalue weighted by molar-refractivity contribution is 7.54. The van der Waals surface area contributed by atoms with Crippen LogP contribution in [0.25, 0.3) is 0 Å². The molecule has 0 aromatic heterocycles. The molecular formula is C18H28NO7P. The van der Waals surface area contributed by atoms with Crippen molar-refractivity contribution in [3.05, 3.63) is 35.9 Å². The average molecular weight is 401 g/mol. The van der Waals surface area contributed by atoms with E-state index >= 15 is 0 Å². The van der Waals surface area contributed by atoms with Gasteiger partial charge < -0.3 is 24.2 Å². The summed E-state index contributed by atoms with van der Waals surface area (Å²) in [4.78, 5) is 22.8. The molecule has 2 N–H and O–H groups in total. The molecule has 0 aliphatic carbocycles. The quantitative estimate of drug-likeness (QED) is 0.377. The van der Waals surface area contributed by atoms with Crippen molar-refractivity contribution >= 4 is 19.7 Å². The Morgan fingerprint density at radius 2 is 1.74 bits per heavy atom. The van der Waals surface area contributed by atoms with Crippen LogP contribution in [0.2, 0.25) is 0 Å². The van der Waals surface area contributed by atoms with E-state index in [1.165, 1.54) is 0 Å². The lowest BCUT2D eigenvalue weighted by atomic mass is 10.2. The first-order valence-electron chi connectivity index (χ1n) is 8.99. The molecule has 0 aliphatic rings. The van der Waals surface area contributed by atoms with E-state index in [4.69, 9.17) is 18.9 Å². The molecule has 1 unspecified atom stereocenters. The molecule has 1 amide bonds. The minimum atomic E-state index is -3.60. The number of amides is 1. The number of carboxylic acids is 1. The fraction of sp³-hybridized carbons (Fsp3) is 0.556. The van der Waals surface area contributed by atoms with Crippen LogP contribution in [0, 0.1) is 0 Å². The van der Waals surface area contributed by atoms with Crippen LogP contribution in [-0.4, -0.2) is 36.2 Å². The van der Waals surface area contributed by atoms with Gasteiger partial charge in [0.15, 0.2) is 0 Å². The normalized spacial score (nSPS) is 12.4. The van der Waals surface area contributed by atoms with E-state index in [-0.39, 0.29) is 32.7 Å². The predicted molar refractivity (Wildman–Crippen MR) is 101 cm³/mol. The van der Waals surface area contributed by atoms with Crippen LogP contribution in [0.1, 0.15) is 45.1 Å². The number of benzene rings is 1. The lowest BCUT2D eigenvalue weighted by Gasteiger charge is -2.26. The number of carbonyl (C=O) groups is 2. The molecule has 0 saturated heterocycles. The Hall–Kier alpha value is -1.89. The van der Waals surface area contributed by atoms with Crippen LogP contribution in [0.5, 0.6) is 0 Å². The van der Waals surface area contributed by atoms with E-state index in [2.05, 4.69) is 5.32 Å². The molecule has 9 heteroatoms. The van der Waals surface area contributed by atoms with Gasteiger partial charge in [0.1, 0.15) is 12.4 Å². The first kappa shape index (κ1) is 23.1. The number of unbranched alkanes of at least 4 members (excludes halogenated alkanes) is 1. The number of nitrogens with one attached hydrogen (secondary N) is 1. The van der Waals surface area contributed by atoms with Crippen molar-refractivity contribution in [3.63, 3.8) is 0 Å². The van der Waals surface area contributed by atoms with E-state index < -0.39 is 25.4 Å². The van der Waals surface area contributed by atoms with Crippen molar-refractivity contribution in [2.24, 2.45) is 0 Å². The molecule has 8 nitrogen and oxygen atoms in total. The SMILES string of the molecule is CCOP(=O)(OCC)C(CCCCC(=O)O)NC(=O)OCc1ccccc1. The van der Waals surface area contributed by atoms with Gasteiger partial charge in [0.25, 0.3) is 0 Å². The zero-order valence-electron chi connectivity index (χ0n) is 15.8. The zero-order valence-corrected chi connectivity index (χ0v) is 16.7. The summed E-state index contributed by atoms with van der Waals surface area (Å²) in [6, 6.07) is 9.17. The van der Waals surface area contributed by atoms with Gasteiger partial charge >= 0.3 is 19.7 Å². The van der Waals surface area contributed by atoms with Crippen LogP contribution >= 0.6 is 7.60 Å². The molecule has 1 aromatic rings. The van der Waals surface area contributed by atoms with Gasteiger partial charge in [0.2, 0.25) is 0 Å². The Bertz CT molecular complexity index is 613. The fourth-order valence-electron chi connectivity index (χ4n) is 2.40. The summed E-state index contributed by atoms with van der Waals surface area (Å²) in [5, 5.41) is 11.3. The highest BCUT2D eigenvalue weighted by Gasteiger charge is 2.36. The number of aliphatic carboxylic acids is 1. The second kappa shape index (κ2) is 12.5. The summed E-state index contributed by atoms with van der Waals surface area (Å²) >= 11 is 0. The standard InChI is InChI=1S/C18H28NO7P/c1-3-25-27(23,26-4-2)16(12-8-9-13-17(20)21)19-18(22)24-14-15-10-6-5-7-11-15/h5-7,10-11,16H,3-4,8-9,12-14H2,1-2H3,(H,19,22)(H,20,21). The van der Waals surface area contributed by atoms with Gasteiger partial charge in [-0.3, -0.25) is 9.36 Å². The Morgan fingerprint density at radius 3 is 2.30 bits per heavy atom. The maximum absolute atomic E-state index is 13.0. The van der Waals surface area contributed by atoms with E-state index in [9.17, 15) is 14.2 Å². The van der Waals surface area contributed by atoms with Crippen LogP contribution in [0.3, 0.4) is 0 Å². The van der Waals surface area contributed by atoms with Gasteiger partial charge in [0, 0.05) is 6.42 Å². The van der Waals surface area contributed by atoms with Gasteiger partial charge in [-0.25, -0.2) is 4.79 Å². The molecule has 0 saturated carbocycles. The Labute approximate surface area is 159 Å². The molecule has 27 heavy (non-hydrogen) atoms. The van der Waals surface area contributed by atoms with E-state index in [0.717, 1.165) is 5.56 Å². The molecule has 0 spiro atoms. The second-order valence-electron chi connectivity index (χ2n) is 5.74. The van der Waals surface area contributed by atoms with Crippen molar-refractivity contribution in [1.82, 2.24) is 5.32 Å². The maximum atomic E-state index is 13.0. The van der Waals surface area contributed by atoms with Gasteiger partial charge in [-0.1, -0.05) is 36.8 Å². The van der Waals surface area contributed by atoms with Crippen molar-refractivity contribution in [2.45, 2.75) is 51.9 Å². The topological polar surface area (TPSA) is 111 Å². The van der Waals surface area contributed by atoms with Crippen LogP contribution in [0.15, 0.2) is 30.3 Å². The number of carbonyl (C=O) groups excluding carboxylic acids is 1. The number of hydrogen-bond donors (Lipinski definition) is 2. The van der Waals surface area contributed by atoms with Crippen molar-refractivity contribution in [2.75, 3.05) is 13.2 Å². The lowest BCUT2D eigenvalue weighted by Crippen LogP contribution is -2.36. The first-order valence-corrected chi connectivity index (χ1v) is 10.6. The first-order chi connectivity index (χ1) is 12.9. The molecule has 1 atom stereocenters. The molecule has 0 fully saturated rings. The second-order valence-corrected chi connectivity index (χ2v) is 7.96. The fourth-order valence-corrected chi connectivity index (χ4v) is 4.32. The summed E-state index contributed by atoms with van der Waals surface area (Å²) in [6.45, 7) is 3.75. The number of ether oxygens (including phenoxy) is 1. The Kier molecular flexibility index (Phi) is 10.7. The summed E-state index contributed by atoms with van der Waals surface area (Å²) < 4.78 is 28.8. The highest BCUT2D eigenvalue weighted by Crippen LogP contribution is 2.53. The molecule has 0 aliphatic heterocycles. The van der Waals surface area contributed by atoms with E-state index in [1.807, 2.05) is 30.3 Å². The van der Waals surface area contributed by atoms with Crippen LogP contribution in [-0.2, 0) is 29.8 Å². The number of hydrogen-bond acceptors (Lipinski definition) is 6. The number of alkyl carbamates (subject to hydrolysis) is 1. The third-order valence-corrected chi connectivity index (χ3v) is 6.00. The van der Waals surface area contributed by atoms with Crippen molar-refractivity contribution in [3.8, 4) is 0 Å². The molecule has 0 bridgehead atoms. The summed E-state index contributed by atoms with van der Waals surface area (Å²) in [5.74, 6) is -1.81. The van der Waals surface area contributed by atoms with Gasteiger partial charge in [-0.15, -0.1) is 0 Å². The largest absolute Gasteiger partial charge is 0.481 e. The minimum Gasteiger partial charge on any atom is -0.481 e. The smallest absolute Gasteiger partial charge is 0.408 e. The molecular weight excluding hydrogens is 373 g/mol. The van der Waals surface area contributed by atoms with Gasteiger partial charge in [-0.2, -0.15) is 0 Å². The van der Waals surface area contributed by atoms with Gasteiger partial charge in [-0.05, 0) is 32.3 Å². The van der Waals surface area contributed by atoms with E-state index in [1.54, 1.807) is 13.8 Å².